The fourth-order valence-electron chi connectivity index (χ4n) is 3.99. The molecule has 36 heavy (non-hydrogen) atoms. The summed E-state index contributed by atoms with van der Waals surface area (Å²) in [6.07, 6.45) is 2.04. The van der Waals surface area contributed by atoms with Crippen LogP contribution in [0.4, 0.5) is 10.5 Å². The summed E-state index contributed by atoms with van der Waals surface area (Å²) in [6.45, 7) is 6.50. The van der Waals surface area contributed by atoms with Crippen molar-refractivity contribution < 1.29 is 22.7 Å². The van der Waals surface area contributed by atoms with Crippen LogP contribution >= 0.6 is 34.5 Å². The number of fused-ring (bicyclic) bond motifs is 1. The van der Waals surface area contributed by atoms with E-state index in [-0.39, 0.29) is 24.1 Å². The maximum absolute atomic E-state index is 13.0. The van der Waals surface area contributed by atoms with Gasteiger partial charge in [0.25, 0.3) is 5.91 Å². The van der Waals surface area contributed by atoms with Gasteiger partial charge in [0.15, 0.2) is 0 Å². The van der Waals surface area contributed by atoms with Crippen molar-refractivity contribution in [3.8, 4) is 0 Å². The van der Waals surface area contributed by atoms with Crippen molar-refractivity contribution in [1.82, 2.24) is 9.62 Å². The number of benzene rings is 1. The molecule has 0 bridgehead atoms. The average Bonchev–Trinajstić information content (AvgIpc) is 3.35. The highest BCUT2D eigenvalue weighted by Gasteiger charge is 2.31. The highest BCUT2D eigenvalue weighted by atomic mass is 35.5. The first-order valence-corrected chi connectivity index (χ1v) is 14.6. The minimum absolute atomic E-state index is 0.00380. The van der Waals surface area contributed by atoms with Crippen LogP contribution < -0.4 is 9.62 Å². The minimum Gasteiger partial charge on any atom is -0.444 e. The topological polar surface area (TPSA) is 96.0 Å². The van der Waals surface area contributed by atoms with Crippen molar-refractivity contribution in [3.63, 3.8) is 0 Å². The van der Waals surface area contributed by atoms with E-state index in [2.05, 4.69) is 4.72 Å². The molecule has 2 aromatic rings. The van der Waals surface area contributed by atoms with Crippen molar-refractivity contribution in [2.75, 3.05) is 23.7 Å². The van der Waals surface area contributed by atoms with Crippen molar-refractivity contribution >= 4 is 62.2 Å². The summed E-state index contributed by atoms with van der Waals surface area (Å²) < 4.78 is 33.6. The minimum atomic E-state index is -3.73. The first kappa shape index (κ1) is 26.8. The van der Waals surface area contributed by atoms with Gasteiger partial charge in [-0.05, 0) is 75.1 Å². The van der Waals surface area contributed by atoms with Gasteiger partial charge in [0.2, 0.25) is 10.0 Å². The lowest BCUT2D eigenvalue weighted by molar-refractivity contribution is -0.114. The summed E-state index contributed by atoms with van der Waals surface area (Å²) in [7, 11) is -3.73. The smallest absolute Gasteiger partial charge is 0.410 e. The normalized spacial score (nSPS) is 16.1. The Labute approximate surface area is 224 Å². The Morgan fingerprint density at radius 3 is 2.61 bits per heavy atom. The number of carbonyl (C=O) groups excluding carboxylic acids is 2. The van der Waals surface area contributed by atoms with E-state index in [1.54, 1.807) is 29.2 Å². The second kappa shape index (κ2) is 10.2. The van der Waals surface area contributed by atoms with Gasteiger partial charge >= 0.3 is 6.09 Å². The average molecular weight is 573 g/mol. The van der Waals surface area contributed by atoms with E-state index in [4.69, 9.17) is 27.9 Å². The summed E-state index contributed by atoms with van der Waals surface area (Å²) in [5, 5.41) is 0.347. The van der Waals surface area contributed by atoms with E-state index < -0.39 is 21.5 Å². The molecule has 0 spiro atoms. The lowest BCUT2D eigenvalue weighted by Gasteiger charge is -2.32. The number of aryl methyl sites for hydroxylation is 1. The first-order chi connectivity index (χ1) is 16.8. The zero-order valence-electron chi connectivity index (χ0n) is 20.1. The summed E-state index contributed by atoms with van der Waals surface area (Å²) in [4.78, 5) is 29.4. The van der Waals surface area contributed by atoms with E-state index in [0.29, 0.717) is 41.0 Å². The molecule has 0 saturated heterocycles. The summed E-state index contributed by atoms with van der Waals surface area (Å²) >= 11 is 13.8. The van der Waals surface area contributed by atoms with Crippen LogP contribution in [0.15, 0.2) is 36.0 Å². The highest BCUT2D eigenvalue weighted by Crippen LogP contribution is 2.34. The molecule has 0 radical (unpaired) electrons. The molecular weight excluding hydrogens is 545 g/mol. The first-order valence-electron chi connectivity index (χ1n) is 11.4. The van der Waals surface area contributed by atoms with Crippen molar-refractivity contribution in [2.24, 2.45) is 0 Å². The predicted molar refractivity (Wildman–Crippen MR) is 142 cm³/mol. The molecule has 2 aliphatic rings. The molecule has 8 nitrogen and oxygen atoms in total. The maximum Gasteiger partial charge on any atom is 0.410 e. The number of anilines is 1. The van der Waals surface area contributed by atoms with Gasteiger partial charge in [-0.3, -0.25) is 9.52 Å². The molecule has 0 saturated carbocycles. The van der Waals surface area contributed by atoms with Gasteiger partial charge in [-0.2, -0.15) is 0 Å². The predicted octanol–water partition coefficient (Wildman–Crippen LogP) is 4.74. The third kappa shape index (κ3) is 6.34. The Bertz CT molecular complexity index is 1330. The lowest BCUT2D eigenvalue weighted by Crippen LogP contribution is -2.40. The fourth-order valence-corrected chi connectivity index (χ4v) is 6.59. The van der Waals surface area contributed by atoms with E-state index in [1.807, 2.05) is 26.8 Å². The number of hydrogen-bond acceptors (Lipinski definition) is 6. The second-order valence-corrected chi connectivity index (χ2v) is 13.7. The zero-order valence-corrected chi connectivity index (χ0v) is 23.3. The standard InChI is InChI=1S/C24H27Cl2N3O5S2/c1-24(2,3)34-23(31)28-9-6-15-13-20(18(25)12-16(15)14-28)29-10-7-19(22(29)30)27-36(32,33)11-8-17-4-5-21(26)35-17/h4-5,7,12-13,27H,6,8-11,14H2,1-3H3. The molecule has 1 aromatic carbocycles. The lowest BCUT2D eigenvalue weighted by atomic mass is 9.99. The molecule has 4 rings (SSSR count). The third-order valence-electron chi connectivity index (χ3n) is 5.69. The van der Waals surface area contributed by atoms with Crippen molar-refractivity contribution in [1.29, 1.82) is 0 Å². The number of amides is 2. The molecule has 2 aliphatic heterocycles. The molecule has 0 fully saturated rings. The van der Waals surface area contributed by atoms with E-state index in [1.165, 1.54) is 16.2 Å². The van der Waals surface area contributed by atoms with Crippen molar-refractivity contribution in [2.45, 2.75) is 45.8 Å². The van der Waals surface area contributed by atoms with Crippen LogP contribution in [0.5, 0.6) is 0 Å². The number of hydrogen-bond donors (Lipinski definition) is 1. The Morgan fingerprint density at radius 2 is 1.94 bits per heavy atom. The molecule has 194 valence electrons. The van der Waals surface area contributed by atoms with Gasteiger partial charge in [-0.1, -0.05) is 23.2 Å². The van der Waals surface area contributed by atoms with Gasteiger partial charge < -0.3 is 14.5 Å². The maximum atomic E-state index is 13.0. The molecule has 0 aliphatic carbocycles. The van der Waals surface area contributed by atoms with Crippen LogP contribution in [0, 0.1) is 0 Å². The van der Waals surface area contributed by atoms with Crippen LogP contribution in [0.25, 0.3) is 0 Å². The number of nitrogens with zero attached hydrogens (tertiary/aromatic N) is 2. The van der Waals surface area contributed by atoms with Gasteiger partial charge in [0.05, 0.1) is 20.8 Å². The van der Waals surface area contributed by atoms with Crippen LogP contribution in [-0.2, 0) is 38.9 Å². The Morgan fingerprint density at radius 1 is 1.19 bits per heavy atom. The summed E-state index contributed by atoms with van der Waals surface area (Å²) in [5.74, 6) is -0.631. The summed E-state index contributed by atoms with van der Waals surface area (Å²) in [6, 6.07) is 7.10. The molecule has 0 unspecified atom stereocenters. The molecule has 1 aromatic heterocycles. The van der Waals surface area contributed by atoms with Crippen LogP contribution in [-0.4, -0.2) is 49.8 Å². The molecule has 3 heterocycles. The van der Waals surface area contributed by atoms with Crippen molar-refractivity contribution in [3.05, 3.63) is 61.4 Å². The Balaban J connectivity index is 1.42. The summed E-state index contributed by atoms with van der Waals surface area (Å²) in [5.41, 5.74) is 1.79. The molecule has 0 atom stereocenters. The number of sulfonamides is 1. The Hall–Kier alpha value is -2.27. The second-order valence-electron chi connectivity index (χ2n) is 9.63. The van der Waals surface area contributed by atoms with E-state index in [9.17, 15) is 18.0 Å². The quantitative estimate of drug-likeness (QED) is 0.540. The third-order valence-corrected chi connectivity index (χ3v) is 8.56. The monoisotopic (exact) mass is 571 g/mol. The largest absolute Gasteiger partial charge is 0.444 e. The van der Waals surface area contributed by atoms with Gasteiger partial charge in [-0.15, -0.1) is 11.3 Å². The van der Waals surface area contributed by atoms with Crippen LogP contribution in [0.1, 0.15) is 36.8 Å². The van der Waals surface area contributed by atoms with Gasteiger partial charge in [-0.25, -0.2) is 13.2 Å². The van der Waals surface area contributed by atoms with E-state index >= 15 is 0 Å². The fraction of sp³-hybridized carbons (Fsp3) is 0.417. The molecule has 2 amide bonds. The number of rotatable bonds is 6. The number of ether oxygens (including phenoxy) is 1. The number of nitrogens with one attached hydrogen (secondary N) is 1. The number of halogens is 2. The number of thiophene rings is 1. The number of carbonyl (C=O) groups is 2. The SMILES string of the molecule is CC(C)(C)OC(=O)N1CCc2cc(N3CC=C(NS(=O)(=O)CCc4ccc(Cl)s4)C3=O)c(Cl)cc2C1. The highest BCUT2D eigenvalue weighted by molar-refractivity contribution is 7.89. The van der Waals surface area contributed by atoms with Gasteiger partial charge in [0, 0.05) is 24.5 Å². The van der Waals surface area contributed by atoms with E-state index in [0.717, 1.165) is 16.0 Å². The molecule has 12 heteroatoms. The van der Waals surface area contributed by atoms with Crippen LogP contribution in [0.2, 0.25) is 9.36 Å². The zero-order chi connectivity index (χ0) is 26.3. The molecular formula is C24H27Cl2N3O5S2. The van der Waals surface area contributed by atoms with Gasteiger partial charge in [0.1, 0.15) is 11.3 Å². The van der Waals surface area contributed by atoms with Crippen LogP contribution in [0.3, 0.4) is 0 Å². The molecule has 1 N–H and O–H groups in total. The Kier molecular flexibility index (Phi) is 7.62.